The lowest BCUT2D eigenvalue weighted by Crippen LogP contribution is -2.40. The average molecular weight is 365 g/mol. The van der Waals surface area contributed by atoms with Gasteiger partial charge in [-0.15, -0.1) is 0 Å². The molecule has 1 aromatic rings. The van der Waals surface area contributed by atoms with Crippen molar-refractivity contribution in [2.45, 2.75) is 66.1 Å². The molecule has 0 fully saturated rings. The Labute approximate surface area is 156 Å². The maximum atomic E-state index is 12.5. The molecule has 1 aromatic carbocycles. The molecular weight excluding hydrogens is 334 g/mol. The molecule has 1 N–H and O–H groups in total. The summed E-state index contributed by atoms with van der Waals surface area (Å²) in [6, 6.07) is 4.95. The molecule has 146 valence electrons. The maximum absolute atomic E-state index is 12.5. The molecule has 0 aliphatic rings. The molecule has 1 amide bonds. The smallest absolute Gasteiger partial charge is 0.341 e. The monoisotopic (exact) mass is 365 g/mol. The summed E-state index contributed by atoms with van der Waals surface area (Å²) >= 11 is 0. The second kappa shape index (κ2) is 10.2. The normalized spacial score (nSPS) is 12.4. The fraction of sp³-hybridized carbons (Fsp3) is 0.600. The first-order chi connectivity index (χ1) is 12.2. The SMILES string of the molecule is CCCOC(C)(C)C(=O)Nc1ccc(OC(C)CC)c(C(=O)OCC)c1. The molecule has 0 aromatic heterocycles. The zero-order valence-corrected chi connectivity index (χ0v) is 16.7. The summed E-state index contributed by atoms with van der Waals surface area (Å²) in [5.41, 5.74) is -0.189. The number of carbonyl (C=O) groups is 2. The summed E-state index contributed by atoms with van der Waals surface area (Å²) in [6.45, 7) is 11.8. The highest BCUT2D eigenvalue weighted by molar-refractivity contribution is 5.99. The molecule has 1 atom stereocenters. The van der Waals surface area contributed by atoms with E-state index in [0.29, 0.717) is 18.0 Å². The van der Waals surface area contributed by atoms with Crippen LogP contribution >= 0.6 is 0 Å². The van der Waals surface area contributed by atoms with E-state index in [1.54, 1.807) is 39.0 Å². The Balaban J connectivity index is 3.04. The van der Waals surface area contributed by atoms with Crippen LogP contribution < -0.4 is 10.1 Å². The Morgan fingerprint density at radius 1 is 1.19 bits per heavy atom. The number of amides is 1. The summed E-state index contributed by atoms with van der Waals surface area (Å²) in [6.07, 6.45) is 1.60. The molecule has 0 saturated carbocycles. The minimum atomic E-state index is -0.966. The number of carbonyl (C=O) groups excluding carboxylic acids is 2. The van der Waals surface area contributed by atoms with Crippen LogP contribution in [0.25, 0.3) is 0 Å². The van der Waals surface area contributed by atoms with Crippen molar-refractivity contribution in [2.75, 3.05) is 18.5 Å². The van der Waals surface area contributed by atoms with E-state index in [9.17, 15) is 9.59 Å². The van der Waals surface area contributed by atoms with Gasteiger partial charge < -0.3 is 19.5 Å². The summed E-state index contributed by atoms with van der Waals surface area (Å²) < 4.78 is 16.5. The predicted molar refractivity (Wildman–Crippen MR) is 102 cm³/mol. The summed E-state index contributed by atoms with van der Waals surface area (Å²) in [5.74, 6) is -0.322. The number of benzene rings is 1. The first-order valence-corrected chi connectivity index (χ1v) is 9.18. The first-order valence-electron chi connectivity index (χ1n) is 9.18. The van der Waals surface area contributed by atoms with E-state index in [1.807, 2.05) is 20.8 Å². The van der Waals surface area contributed by atoms with Gasteiger partial charge in [-0.05, 0) is 58.7 Å². The summed E-state index contributed by atoms with van der Waals surface area (Å²) in [4.78, 5) is 24.7. The lowest BCUT2D eigenvalue weighted by atomic mass is 10.1. The molecule has 0 bridgehead atoms. The third kappa shape index (κ3) is 6.33. The van der Waals surface area contributed by atoms with Gasteiger partial charge in [0.2, 0.25) is 0 Å². The molecule has 26 heavy (non-hydrogen) atoms. The van der Waals surface area contributed by atoms with Crippen molar-refractivity contribution in [1.29, 1.82) is 0 Å². The van der Waals surface area contributed by atoms with E-state index >= 15 is 0 Å². The largest absolute Gasteiger partial charge is 0.490 e. The third-order valence-electron chi connectivity index (χ3n) is 3.85. The molecular formula is C20H31NO5. The molecule has 0 heterocycles. The van der Waals surface area contributed by atoms with Gasteiger partial charge in [0.1, 0.15) is 16.9 Å². The zero-order chi connectivity index (χ0) is 19.7. The van der Waals surface area contributed by atoms with Gasteiger partial charge in [0.05, 0.1) is 12.7 Å². The van der Waals surface area contributed by atoms with E-state index in [2.05, 4.69) is 5.32 Å². The highest BCUT2D eigenvalue weighted by Gasteiger charge is 2.28. The maximum Gasteiger partial charge on any atom is 0.341 e. The molecule has 6 heteroatoms. The Morgan fingerprint density at radius 3 is 2.46 bits per heavy atom. The van der Waals surface area contributed by atoms with Gasteiger partial charge in [0, 0.05) is 12.3 Å². The van der Waals surface area contributed by atoms with Crippen molar-refractivity contribution in [3.63, 3.8) is 0 Å². The van der Waals surface area contributed by atoms with E-state index < -0.39 is 11.6 Å². The van der Waals surface area contributed by atoms with Gasteiger partial charge >= 0.3 is 5.97 Å². The zero-order valence-electron chi connectivity index (χ0n) is 16.7. The van der Waals surface area contributed by atoms with Crippen molar-refractivity contribution in [3.8, 4) is 5.75 Å². The topological polar surface area (TPSA) is 73.9 Å². The van der Waals surface area contributed by atoms with Gasteiger partial charge in [-0.25, -0.2) is 4.79 Å². The van der Waals surface area contributed by atoms with Crippen LogP contribution in [0, 0.1) is 0 Å². The Hall–Kier alpha value is -2.08. The van der Waals surface area contributed by atoms with E-state index in [-0.39, 0.29) is 24.2 Å². The van der Waals surface area contributed by atoms with E-state index in [0.717, 1.165) is 12.8 Å². The van der Waals surface area contributed by atoms with Crippen LogP contribution in [0.5, 0.6) is 5.75 Å². The van der Waals surface area contributed by atoms with E-state index in [4.69, 9.17) is 14.2 Å². The van der Waals surface area contributed by atoms with Gasteiger partial charge in [0.25, 0.3) is 5.91 Å². The highest BCUT2D eigenvalue weighted by atomic mass is 16.5. The third-order valence-corrected chi connectivity index (χ3v) is 3.85. The number of rotatable bonds is 10. The van der Waals surface area contributed by atoms with Crippen LogP contribution in [0.2, 0.25) is 0 Å². The first kappa shape index (κ1) is 22.0. The second-order valence-corrected chi connectivity index (χ2v) is 6.58. The number of esters is 1. The molecule has 6 nitrogen and oxygen atoms in total. The fourth-order valence-corrected chi connectivity index (χ4v) is 2.08. The van der Waals surface area contributed by atoms with Crippen LogP contribution in [0.1, 0.15) is 64.7 Å². The Morgan fingerprint density at radius 2 is 1.88 bits per heavy atom. The second-order valence-electron chi connectivity index (χ2n) is 6.58. The minimum absolute atomic E-state index is 0.0370. The van der Waals surface area contributed by atoms with Gasteiger partial charge in [-0.1, -0.05) is 13.8 Å². The lowest BCUT2D eigenvalue weighted by molar-refractivity contribution is -0.137. The molecule has 0 saturated heterocycles. The van der Waals surface area contributed by atoms with Crippen LogP contribution in [0.3, 0.4) is 0 Å². The summed E-state index contributed by atoms with van der Waals surface area (Å²) in [5, 5.41) is 2.80. The van der Waals surface area contributed by atoms with Gasteiger partial charge in [0.15, 0.2) is 0 Å². The molecule has 0 spiro atoms. The van der Waals surface area contributed by atoms with Gasteiger partial charge in [-0.2, -0.15) is 0 Å². The predicted octanol–water partition coefficient (Wildman–Crippen LogP) is 4.18. The van der Waals surface area contributed by atoms with Gasteiger partial charge in [-0.3, -0.25) is 4.79 Å². The Kier molecular flexibility index (Phi) is 8.58. The molecule has 1 rings (SSSR count). The average Bonchev–Trinajstić information content (AvgIpc) is 2.61. The van der Waals surface area contributed by atoms with E-state index in [1.165, 1.54) is 0 Å². The molecule has 0 radical (unpaired) electrons. The molecule has 0 aliphatic heterocycles. The highest BCUT2D eigenvalue weighted by Crippen LogP contribution is 2.26. The molecule has 0 aliphatic carbocycles. The van der Waals surface area contributed by atoms with Crippen LogP contribution in [0.4, 0.5) is 5.69 Å². The minimum Gasteiger partial charge on any atom is -0.490 e. The standard InChI is InChI=1S/C20H31NO5/c1-7-12-25-20(5,6)19(23)21-15-10-11-17(26-14(4)8-2)16(13-15)18(22)24-9-3/h10-11,13-14H,7-9,12H2,1-6H3,(H,21,23). The fourth-order valence-electron chi connectivity index (χ4n) is 2.08. The van der Waals surface area contributed by atoms with Crippen LogP contribution in [-0.4, -0.2) is 36.8 Å². The van der Waals surface area contributed by atoms with Crippen molar-refractivity contribution in [3.05, 3.63) is 23.8 Å². The van der Waals surface area contributed by atoms with Crippen LogP contribution in [0.15, 0.2) is 18.2 Å². The van der Waals surface area contributed by atoms with Crippen LogP contribution in [-0.2, 0) is 14.3 Å². The number of ether oxygens (including phenoxy) is 3. The lowest BCUT2D eigenvalue weighted by Gasteiger charge is -2.24. The van der Waals surface area contributed by atoms with Crippen molar-refractivity contribution in [2.24, 2.45) is 0 Å². The number of anilines is 1. The Bertz CT molecular complexity index is 612. The quantitative estimate of drug-likeness (QED) is 0.630. The number of nitrogens with one attached hydrogen (secondary N) is 1. The number of hydrogen-bond acceptors (Lipinski definition) is 5. The number of hydrogen-bond donors (Lipinski definition) is 1. The van der Waals surface area contributed by atoms with Crippen molar-refractivity contribution in [1.82, 2.24) is 0 Å². The van der Waals surface area contributed by atoms with Crippen molar-refractivity contribution < 1.29 is 23.8 Å². The molecule has 1 unspecified atom stereocenters. The summed E-state index contributed by atoms with van der Waals surface area (Å²) in [7, 11) is 0. The van der Waals surface area contributed by atoms with Crippen molar-refractivity contribution >= 4 is 17.6 Å².